The lowest BCUT2D eigenvalue weighted by Gasteiger charge is -2.16. The summed E-state index contributed by atoms with van der Waals surface area (Å²) in [6, 6.07) is 29.0. The number of benzene rings is 3. The van der Waals surface area contributed by atoms with Crippen LogP contribution in [0.3, 0.4) is 0 Å². The van der Waals surface area contributed by atoms with E-state index < -0.39 is 0 Å². The Morgan fingerprint density at radius 1 is 0.679 bits per heavy atom. The molecule has 1 heterocycles. The first-order chi connectivity index (χ1) is 13.7. The number of allylic oxidation sites excluding steroid dienone is 1. The van der Waals surface area contributed by atoms with E-state index in [1.54, 1.807) is 0 Å². The molecule has 1 aliphatic rings. The van der Waals surface area contributed by atoms with Gasteiger partial charge in [0.25, 0.3) is 0 Å². The first-order valence-electron chi connectivity index (χ1n) is 9.43. The lowest BCUT2D eigenvalue weighted by atomic mass is 9.98. The molecule has 3 aromatic carbocycles. The van der Waals surface area contributed by atoms with Crippen molar-refractivity contribution >= 4 is 33.2 Å². The van der Waals surface area contributed by atoms with Crippen LogP contribution in [0.2, 0.25) is 0 Å². The van der Waals surface area contributed by atoms with E-state index in [9.17, 15) is 0 Å². The number of hydrogen-bond donors (Lipinski definition) is 0. The molecule has 28 heavy (non-hydrogen) atoms. The molecule has 0 N–H and O–H groups in total. The molecular formula is C25H21BrN2. The van der Waals surface area contributed by atoms with Crippen LogP contribution in [0.4, 0.5) is 0 Å². The van der Waals surface area contributed by atoms with Gasteiger partial charge in [-0.05, 0) is 43.0 Å². The summed E-state index contributed by atoms with van der Waals surface area (Å²) >= 11 is 3.58. The summed E-state index contributed by atoms with van der Waals surface area (Å²) in [5.74, 6) is 0.748. The van der Waals surface area contributed by atoms with Crippen molar-refractivity contribution < 1.29 is 0 Å². The highest BCUT2D eigenvalue weighted by Crippen LogP contribution is 2.27. The SMILES string of the molecule is C/C1=C(/c2ccccc2)N=C(c2cccc(Br)c2)N=C(c2ccccc2)CC1. The summed E-state index contributed by atoms with van der Waals surface area (Å²) in [5.41, 5.74) is 6.66. The first kappa shape index (κ1) is 18.6. The first-order valence-corrected chi connectivity index (χ1v) is 10.2. The van der Waals surface area contributed by atoms with Crippen LogP contribution in [-0.2, 0) is 0 Å². The van der Waals surface area contributed by atoms with Crippen molar-refractivity contribution in [2.24, 2.45) is 9.98 Å². The highest BCUT2D eigenvalue weighted by Gasteiger charge is 2.15. The van der Waals surface area contributed by atoms with Gasteiger partial charge < -0.3 is 0 Å². The minimum absolute atomic E-state index is 0.748. The van der Waals surface area contributed by atoms with Crippen molar-refractivity contribution in [3.05, 3.63) is 112 Å². The third kappa shape index (κ3) is 4.20. The number of rotatable bonds is 3. The van der Waals surface area contributed by atoms with Gasteiger partial charge in [0.1, 0.15) is 0 Å². The maximum atomic E-state index is 5.06. The van der Waals surface area contributed by atoms with Gasteiger partial charge in [0.05, 0.1) is 11.4 Å². The largest absolute Gasteiger partial charge is 0.232 e. The minimum atomic E-state index is 0.748. The minimum Gasteiger partial charge on any atom is -0.232 e. The molecule has 0 aliphatic carbocycles. The number of nitrogens with zero attached hydrogens (tertiary/aromatic N) is 2. The Labute approximate surface area is 174 Å². The molecule has 0 spiro atoms. The van der Waals surface area contributed by atoms with Gasteiger partial charge in [-0.25, -0.2) is 9.98 Å². The van der Waals surface area contributed by atoms with E-state index in [1.165, 1.54) is 5.57 Å². The van der Waals surface area contributed by atoms with Crippen LogP contribution in [0.25, 0.3) is 5.70 Å². The van der Waals surface area contributed by atoms with Crippen molar-refractivity contribution in [3.63, 3.8) is 0 Å². The third-order valence-corrected chi connectivity index (χ3v) is 5.33. The lowest BCUT2D eigenvalue weighted by molar-refractivity contribution is 1.00. The van der Waals surface area contributed by atoms with Gasteiger partial charge in [-0.3, -0.25) is 0 Å². The smallest absolute Gasteiger partial charge is 0.160 e. The monoisotopic (exact) mass is 428 g/mol. The fourth-order valence-corrected chi connectivity index (χ4v) is 3.74. The maximum absolute atomic E-state index is 5.06. The molecule has 138 valence electrons. The molecule has 3 aromatic rings. The van der Waals surface area contributed by atoms with Crippen LogP contribution in [0.5, 0.6) is 0 Å². The normalized spacial score (nSPS) is 17.4. The van der Waals surface area contributed by atoms with Crippen LogP contribution >= 0.6 is 15.9 Å². The lowest BCUT2D eigenvalue weighted by Crippen LogP contribution is -2.10. The summed E-state index contributed by atoms with van der Waals surface area (Å²) in [6.45, 7) is 2.18. The van der Waals surface area contributed by atoms with E-state index in [2.05, 4.69) is 83.5 Å². The molecule has 0 saturated carbocycles. The Morgan fingerprint density at radius 2 is 1.32 bits per heavy atom. The second-order valence-corrected chi connectivity index (χ2v) is 7.78. The molecule has 0 unspecified atom stereocenters. The fourth-order valence-electron chi connectivity index (χ4n) is 3.34. The van der Waals surface area contributed by atoms with Crippen molar-refractivity contribution in [2.75, 3.05) is 0 Å². The van der Waals surface area contributed by atoms with Gasteiger partial charge in [-0.1, -0.05) is 88.7 Å². The average molecular weight is 429 g/mol. The Morgan fingerprint density at radius 3 is 2.00 bits per heavy atom. The second kappa shape index (κ2) is 8.49. The molecule has 1 aliphatic heterocycles. The average Bonchev–Trinajstić information content (AvgIpc) is 2.73. The standard InChI is InChI=1S/C25H21BrN2/c1-18-15-16-23(19-9-4-2-5-10-19)27-25(21-13-8-14-22(26)17-21)28-24(18)20-11-6-3-7-12-20/h2-14,17H,15-16H2,1H3/b24-18+,27-23?,28-25?. The zero-order valence-electron chi connectivity index (χ0n) is 15.8. The topological polar surface area (TPSA) is 24.7 Å². The molecule has 2 nitrogen and oxygen atoms in total. The predicted molar refractivity (Wildman–Crippen MR) is 122 cm³/mol. The summed E-state index contributed by atoms with van der Waals surface area (Å²) in [6.07, 6.45) is 1.83. The van der Waals surface area contributed by atoms with E-state index in [1.807, 2.05) is 24.3 Å². The summed E-state index contributed by atoms with van der Waals surface area (Å²) in [4.78, 5) is 10.1. The molecule has 0 radical (unpaired) electrons. The van der Waals surface area contributed by atoms with Crippen molar-refractivity contribution in [2.45, 2.75) is 19.8 Å². The molecule has 0 atom stereocenters. The molecular weight excluding hydrogens is 408 g/mol. The predicted octanol–water partition coefficient (Wildman–Crippen LogP) is 6.91. The van der Waals surface area contributed by atoms with E-state index in [4.69, 9.17) is 9.98 Å². The molecule has 0 saturated heterocycles. The van der Waals surface area contributed by atoms with Crippen LogP contribution in [0.15, 0.2) is 105 Å². The van der Waals surface area contributed by atoms with Crippen LogP contribution in [-0.4, -0.2) is 11.5 Å². The molecule has 0 fully saturated rings. The zero-order valence-corrected chi connectivity index (χ0v) is 17.4. The Kier molecular flexibility index (Phi) is 5.63. The molecule has 0 bridgehead atoms. The highest BCUT2D eigenvalue weighted by molar-refractivity contribution is 9.10. The number of hydrogen-bond acceptors (Lipinski definition) is 2. The summed E-state index contributed by atoms with van der Waals surface area (Å²) in [5, 5.41) is 0. The number of amidine groups is 1. The van der Waals surface area contributed by atoms with Crippen LogP contribution < -0.4 is 0 Å². The number of aliphatic imine (C=N–C) groups is 2. The highest BCUT2D eigenvalue weighted by atomic mass is 79.9. The van der Waals surface area contributed by atoms with Crippen LogP contribution in [0.1, 0.15) is 36.5 Å². The van der Waals surface area contributed by atoms with E-state index >= 15 is 0 Å². The number of halogens is 1. The Hall–Kier alpha value is -2.78. The van der Waals surface area contributed by atoms with E-state index in [0.29, 0.717) is 0 Å². The van der Waals surface area contributed by atoms with Gasteiger partial charge in [-0.15, -0.1) is 0 Å². The molecule has 4 rings (SSSR count). The second-order valence-electron chi connectivity index (χ2n) is 6.87. The molecule has 3 heteroatoms. The molecule has 0 amide bonds. The van der Waals surface area contributed by atoms with Gasteiger partial charge in [0.2, 0.25) is 0 Å². The quantitative estimate of drug-likeness (QED) is 0.432. The third-order valence-electron chi connectivity index (χ3n) is 4.84. The van der Waals surface area contributed by atoms with Gasteiger partial charge in [0.15, 0.2) is 5.84 Å². The molecule has 0 aromatic heterocycles. The van der Waals surface area contributed by atoms with Crippen LogP contribution in [0, 0.1) is 0 Å². The zero-order chi connectivity index (χ0) is 19.3. The van der Waals surface area contributed by atoms with Gasteiger partial charge in [0, 0.05) is 15.6 Å². The van der Waals surface area contributed by atoms with Crippen molar-refractivity contribution in [1.82, 2.24) is 0 Å². The van der Waals surface area contributed by atoms with Crippen molar-refractivity contribution in [3.8, 4) is 0 Å². The van der Waals surface area contributed by atoms with Crippen molar-refractivity contribution in [1.29, 1.82) is 0 Å². The Balaban J connectivity index is 1.89. The maximum Gasteiger partial charge on any atom is 0.160 e. The van der Waals surface area contributed by atoms with Gasteiger partial charge in [-0.2, -0.15) is 0 Å². The van der Waals surface area contributed by atoms with E-state index in [-0.39, 0.29) is 0 Å². The fraction of sp³-hybridized carbons (Fsp3) is 0.120. The summed E-state index contributed by atoms with van der Waals surface area (Å²) in [7, 11) is 0. The summed E-state index contributed by atoms with van der Waals surface area (Å²) < 4.78 is 1.02. The Bertz CT molecular complexity index is 1060. The van der Waals surface area contributed by atoms with Gasteiger partial charge >= 0.3 is 0 Å². The van der Waals surface area contributed by atoms with E-state index in [0.717, 1.165) is 51.2 Å².